The minimum Gasteiger partial charge on any atom is -0.508 e. The summed E-state index contributed by atoms with van der Waals surface area (Å²) in [5.41, 5.74) is 4.85. The van der Waals surface area contributed by atoms with Crippen molar-refractivity contribution in [3.05, 3.63) is 64.7 Å². The average molecular weight is 325 g/mol. The minimum atomic E-state index is -0.127. The number of phenolic OH excluding ortho intramolecular Hbond substituents is 1. The lowest BCUT2D eigenvalue weighted by molar-refractivity contribution is 0.445. The lowest BCUT2D eigenvalue weighted by Crippen LogP contribution is -2.26. The highest BCUT2D eigenvalue weighted by Crippen LogP contribution is 2.41. The molecule has 1 N–H and O–H groups in total. The summed E-state index contributed by atoms with van der Waals surface area (Å²) in [6.45, 7) is 17.8. The molecule has 2 rings (SSSR count). The van der Waals surface area contributed by atoms with Crippen LogP contribution in [0.25, 0.3) is 0 Å². The molecule has 1 nitrogen and oxygen atoms in total. The van der Waals surface area contributed by atoms with E-state index in [0.717, 1.165) is 5.56 Å². The van der Waals surface area contributed by atoms with E-state index in [1.54, 1.807) is 0 Å². The fourth-order valence-electron chi connectivity index (χ4n) is 3.36. The predicted molar refractivity (Wildman–Crippen MR) is 104 cm³/mol. The van der Waals surface area contributed by atoms with Crippen molar-refractivity contribution < 1.29 is 5.11 Å². The Morgan fingerprint density at radius 1 is 0.625 bits per heavy atom. The number of rotatable bonds is 2. The second-order valence-electron chi connectivity index (χ2n) is 9.40. The molecule has 0 aliphatic carbocycles. The lowest BCUT2D eigenvalue weighted by atomic mass is 9.70. The number of phenols is 1. The van der Waals surface area contributed by atoms with Crippen molar-refractivity contribution in [3.8, 4) is 5.75 Å². The Balaban J connectivity index is 2.65. The van der Waals surface area contributed by atoms with Gasteiger partial charge in [0.05, 0.1) is 0 Å². The molecule has 2 aromatic carbocycles. The summed E-state index contributed by atoms with van der Waals surface area (Å²) in [6.07, 6.45) is 0. The number of benzene rings is 2. The number of hydrogen-bond donors (Lipinski definition) is 1. The highest BCUT2D eigenvalue weighted by Gasteiger charge is 2.31. The standard InChI is InChI=1S/C23H32O/c1-21(2,3)17-11-9-10-12-18(17)23(7,8)16-13-14-20(24)19(15-16)22(4,5)6/h9-15,24H,1-8H3. The minimum absolute atomic E-state index is 0.0836. The van der Waals surface area contributed by atoms with Gasteiger partial charge in [-0.2, -0.15) is 0 Å². The zero-order valence-electron chi connectivity index (χ0n) is 16.5. The Hall–Kier alpha value is -1.76. The van der Waals surface area contributed by atoms with Crippen molar-refractivity contribution in [2.75, 3.05) is 0 Å². The summed E-state index contributed by atoms with van der Waals surface area (Å²) in [5.74, 6) is 0.381. The van der Waals surface area contributed by atoms with Gasteiger partial charge in [-0.15, -0.1) is 0 Å². The quantitative estimate of drug-likeness (QED) is 0.686. The molecule has 0 radical (unpaired) electrons. The van der Waals surface area contributed by atoms with Crippen molar-refractivity contribution >= 4 is 0 Å². The van der Waals surface area contributed by atoms with Crippen LogP contribution in [0, 0.1) is 0 Å². The first-order valence-corrected chi connectivity index (χ1v) is 8.79. The van der Waals surface area contributed by atoms with Gasteiger partial charge < -0.3 is 5.11 Å². The van der Waals surface area contributed by atoms with Gasteiger partial charge in [-0.1, -0.05) is 91.8 Å². The van der Waals surface area contributed by atoms with Gasteiger partial charge in [0.1, 0.15) is 5.75 Å². The Labute approximate surface area is 147 Å². The first-order chi connectivity index (χ1) is 10.8. The van der Waals surface area contributed by atoms with Crippen molar-refractivity contribution in [1.29, 1.82) is 0 Å². The van der Waals surface area contributed by atoms with Crippen molar-refractivity contribution in [2.24, 2.45) is 0 Å². The van der Waals surface area contributed by atoms with E-state index in [1.807, 2.05) is 6.07 Å². The molecule has 0 atom stereocenters. The van der Waals surface area contributed by atoms with Gasteiger partial charge in [0, 0.05) is 5.41 Å². The van der Waals surface area contributed by atoms with Crippen LogP contribution in [0.5, 0.6) is 5.75 Å². The largest absolute Gasteiger partial charge is 0.508 e. The number of hydrogen-bond acceptors (Lipinski definition) is 1. The smallest absolute Gasteiger partial charge is 0.119 e. The van der Waals surface area contributed by atoms with E-state index in [1.165, 1.54) is 16.7 Å². The van der Waals surface area contributed by atoms with E-state index >= 15 is 0 Å². The molecule has 24 heavy (non-hydrogen) atoms. The molecule has 1 heteroatoms. The van der Waals surface area contributed by atoms with Crippen LogP contribution in [0.3, 0.4) is 0 Å². The molecule has 0 spiro atoms. The van der Waals surface area contributed by atoms with E-state index in [0.29, 0.717) is 5.75 Å². The van der Waals surface area contributed by atoms with Crippen LogP contribution >= 0.6 is 0 Å². The lowest BCUT2D eigenvalue weighted by Gasteiger charge is -2.34. The molecule has 0 amide bonds. The predicted octanol–water partition coefficient (Wildman–Crippen LogP) is 6.31. The van der Waals surface area contributed by atoms with Crippen LogP contribution in [0.4, 0.5) is 0 Å². The van der Waals surface area contributed by atoms with Gasteiger partial charge in [0.15, 0.2) is 0 Å². The van der Waals surface area contributed by atoms with Crippen molar-refractivity contribution in [1.82, 2.24) is 0 Å². The van der Waals surface area contributed by atoms with Crippen LogP contribution < -0.4 is 0 Å². The third-order valence-electron chi connectivity index (χ3n) is 4.93. The molecule has 0 saturated carbocycles. The summed E-state index contributed by atoms with van der Waals surface area (Å²) >= 11 is 0. The van der Waals surface area contributed by atoms with E-state index < -0.39 is 0 Å². The summed E-state index contributed by atoms with van der Waals surface area (Å²) in [5, 5.41) is 10.3. The molecule has 0 aromatic heterocycles. The van der Waals surface area contributed by atoms with E-state index in [-0.39, 0.29) is 16.2 Å². The molecule has 0 unspecified atom stereocenters. The highest BCUT2D eigenvalue weighted by atomic mass is 16.3. The molecule has 130 valence electrons. The maximum absolute atomic E-state index is 10.3. The monoisotopic (exact) mass is 324 g/mol. The third kappa shape index (κ3) is 3.50. The Kier molecular flexibility index (Phi) is 4.61. The van der Waals surface area contributed by atoms with Gasteiger partial charge in [-0.05, 0) is 39.2 Å². The second kappa shape index (κ2) is 5.95. The molecular formula is C23H32O. The third-order valence-corrected chi connectivity index (χ3v) is 4.93. The van der Waals surface area contributed by atoms with Crippen molar-refractivity contribution in [2.45, 2.75) is 71.6 Å². The molecule has 0 bridgehead atoms. The topological polar surface area (TPSA) is 20.2 Å². The van der Waals surface area contributed by atoms with Gasteiger partial charge in [0.25, 0.3) is 0 Å². The molecule has 0 fully saturated rings. The molecule has 0 saturated heterocycles. The highest BCUT2D eigenvalue weighted by molar-refractivity contribution is 5.49. The fraction of sp³-hybridized carbons (Fsp3) is 0.478. The summed E-state index contributed by atoms with van der Waals surface area (Å²) in [7, 11) is 0. The molecular weight excluding hydrogens is 292 g/mol. The zero-order valence-corrected chi connectivity index (χ0v) is 16.5. The Morgan fingerprint density at radius 2 is 1.12 bits per heavy atom. The molecule has 2 aromatic rings. The van der Waals surface area contributed by atoms with Crippen LogP contribution in [0.2, 0.25) is 0 Å². The second-order valence-corrected chi connectivity index (χ2v) is 9.40. The normalized spacial score (nSPS) is 13.2. The molecule has 0 aliphatic rings. The summed E-state index contributed by atoms with van der Waals surface area (Å²) in [6, 6.07) is 14.8. The van der Waals surface area contributed by atoms with Gasteiger partial charge in [-0.25, -0.2) is 0 Å². The molecule has 0 aliphatic heterocycles. The van der Waals surface area contributed by atoms with E-state index in [4.69, 9.17) is 0 Å². The maximum Gasteiger partial charge on any atom is 0.119 e. The SMILES string of the molecule is CC(C)(C)c1cc(C(C)(C)c2ccccc2C(C)(C)C)ccc1O. The van der Waals surface area contributed by atoms with Crippen LogP contribution in [-0.4, -0.2) is 5.11 Å². The van der Waals surface area contributed by atoms with E-state index in [2.05, 4.69) is 91.8 Å². The summed E-state index contributed by atoms with van der Waals surface area (Å²) in [4.78, 5) is 0. The van der Waals surface area contributed by atoms with Gasteiger partial charge >= 0.3 is 0 Å². The van der Waals surface area contributed by atoms with Gasteiger partial charge in [-0.3, -0.25) is 0 Å². The first kappa shape index (κ1) is 18.6. The Morgan fingerprint density at radius 3 is 1.62 bits per heavy atom. The number of aromatic hydroxyl groups is 1. The fourth-order valence-corrected chi connectivity index (χ4v) is 3.36. The van der Waals surface area contributed by atoms with Crippen LogP contribution in [0.15, 0.2) is 42.5 Å². The van der Waals surface area contributed by atoms with E-state index in [9.17, 15) is 5.11 Å². The summed E-state index contributed by atoms with van der Waals surface area (Å²) < 4.78 is 0. The molecule has 0 heterocycles. The van der Waals surface area contributed by atoms with Crippen LogP contribution in [0.1, 0.15) is 77.6 Å². The first-order valence-electron chi connectivity index (χ1n) is 8.79. The van der Waals surface area contributed by atoms with Crippen molar-refractivity contribution in [3.63, 3.8) is 0 Å². The Bertz CT molecular complexity index is 724. The van der Waals surface area contributed by atoms with Gasteiger partial charge in [0.2, 0.25) is 0 Å². The maximum atomic E-state index is 10.3. The zero-order chi connectivity index (χ0) is 18.3. The average Bonchev–Trinajstić information content (AvgIpc) is 2.45. The van der Waals surface area contributed by atoms with Crippen LogP contribution in [-0.2, 0) is 16.2 Å².